The van der Waals surface area contributed by atoms with Crippen LogP contribution in [0.1, 0.15) is 24.2 Å². The molecule has 5 heteroatoms. The summed E-state index contributed by atoms with van der Waals surface area (Å²) in [5, 5.41) is 3.09. The summed E-state index contributed by atoms with van der Waals surface area (Å²) in [5.74, 6) is -0.771. The number of carbonyl (C=O) groups is 2. The van der Waals surface area contributed by atoms with Crippen LogP contribution in [0, 0.1) is 5.41 Å². The van der Waals surface area contributed by atoms with E-state index in [0.717, 1.165) is 5.69 Å². The number of hydrogen-bond acceptors (Lipinski definition) is 4. The lowest BCUT2D eigenvalue weighted by Crippen LogP contribution is -2.33. The van der Waals surface area contributed by atoms with Crippen molar-refractivity contribution in [1.82, 2.24) is 0 Å². The summed E-state index contributed by atoms with van der Waals surface area (Å²) in [4.78, 5) is 22.5. The van der Waals surface area contributed by atoms with Gasteiger partial charge in [0.1, 0.15) is 0 Å². The van der Waals surface area contributed by atoms with Gasteiger partial charge in [-0.3, -0.25) is 9.59 Å². The highest BCUT2D eigenvalue weighted by Gasteiger charge is 2.28. The average molecular weight is 250 g/mol. The number of esters is 1. The summed E-state index contributed by atoms with van der Waals surface area (Å²) in [5.41, 5.74) is 5.72. The molecule has 18 heavy (non-hydrogen) atoms. The number of amides is 1. The monoisotopic (exact) mass is 250 g/mol. The Hall–Kier alpha value is -2.04. The maximum Gasteiger partial charge on any atom is 0.313 e. The lowest BCUT2D eigenvalue weighted by Gasteiger charge is -2.22. The van der Waals surface area contributed by atoms with Crippen molar-refractivity contribution in [1.29, 1.82) is 0 Å². The third-order valence-electron chi connectivity index (χ3n) is 2.62. The number of benzene rings is 1. The first kappa shape index (κ1) is 14.0. The standard InChI is InChI=1S/C13H18N2O3/c1-13(2,12(17)18-3)8-15-10-6-4-5-9(7-10)11(14)16/h4-7,15H,8H2,1-3H3,(H2,14,16). The van der Waals surface area contributed by atoms with Crippen molar-refractivity contribution in [3.05, 3.63) is 29.8 Å². The molecule has 0 bridgehead atoms. The van der Waals surface area contributed by atoms with Crippen LogP contribution in [0.25, 0.3) is 0 Å². The Balaban J connectivity index is 2.72. The molecule has 3 N–H and O–H groups in total. The first-order valence-electron chi connectivity index (χ1n) is 5.59. The minimum atomic E-state index is -0.641. The molecular formula is C13H18N2O3. The third kappa shape index (κ3) is 3.48. The number of carbonyl (C=O) groups excluding carboxylic acids is 2. The summed E-state index contributed by atoms with van der Waals surface area (Å²) < 4.78 is 4.71. The fourth-order valence-corrected chi connectivity index (χ4v) is 1.45. The van der Waals surface area contributed by atoms with E-state index in [1.807, 2.05) is 0 Å². The van der Waals surface area contributed by atoms with Crippen molar-refractivity contribution in [3.8, 4) is 0 Å². The predicted molar refractivity (Wildman–Crippen MR) is 69.2 cm³/mol. The Morgan fingerprint density at radius 1 is 1.39 bits per heavy atom. The number of rotatable bonds is 5. The topological polar surface area (TPSA) is 81.4 Å². The molecule has 0 atom stereocenters. The highest BCUT2D eigenvalue weighted by Crippen LogP contribution is 2.19. The lowest BCUT2D eigenvalue weighted by molar-refractivity contribution is -0.149. The summed E-state index contributed by atoms with van der Waals surface area (Å²) in [6.07, 6.45) is 0. The van der Waals surface area contributed by atoms with Crippen LogP contribution < -0.4 is 11.1 Å². The van der Waals surface area contributed by atoms with Crippen LogP contribution in [0.5, 0.6) is 0 Å². The van der Waals surface area contributed by atoms with Crippen LogP contribution in [0.2, 0.25) is 0 Å². The molecule has 1 aromatic carbocycles. The van der Waals surface area contributed by atoms with Crippen LogP contribution in [0.4, 0.5) is 5.69 Å². The number of anilines is 1. The number of methoxy groups -OCH3 is 1. The molecule has 0 saturated carbocycles. The molecular weight excluding hydrogens is 232 g/mol. The molecule has 0 aliphatic heterocycles. The summed E-state index contributed by atoms with van der Waals surface area (Å²) in [7, 11) is 1.36. The quantitative estimate of drug-likeness (QED) is 0.774. The third-order valence-corrected chi connectivity index (χ3v) is 2.62. The number of ether oxygens (including phenoxy) is 1. The van der Waals surface area contributed by atoms with E-state index in [1.54, 1.807) is 38.1 Å². The zero-order valence-electron chi connectivity index (χ0n) is 10.8. The number of primary amides is 1. The summed E-state index contributed by atoms with van der Waals surface area (Å²) >= 11 is 0. The second kappa shape index (κ2) is 5.53. The zero-order chi connectivity index (χ0) is 13.8. The molecule has 0 heterocycles. The molecule has 5 nitrogen and oxygen atoms in total. The molecule has 0 radical (unpaired) electrons. The van der Waals surface area contributed by atoms with E-state index in [0.29, 0.717) is 12.1 Å². The SMILES string of the molecule is COC(=O)C(C)(C)CNc1cccc(C(N)=O)c1. The van der Waals surface area contributed by atoms with E-state index < -0.39 is 11.3 Å². The van der Waals surface area contributed by atoms with Gasteiger partial charge in [0, 0.05) is 17.8 Å². The fraction of sp³-hybridized carbons (Fsp3) is 0.385. The highest BCUT2D eigenvalue weighted by atomic mass is 16.5. The molecule has 1 amide bonds. The summed E-state index contributed by atoms with van der Waals surface area (Å²) in [6, 6.07) is 6.82. The van der Waals surface area contributed by atoms with Gasteiger partial charge < -0.3 is 15.8 Å². The molecule has 1 rings (SSSR count). The van der Waals surface area contributed by atoms with Gasteiger partial charge >= 0.3 is 5.97 Å². The van der Waals surface area contributed by atoms with Crippen molar-refractivity contribution < 1.29 is 14.3 Å². The second-order valence-corrected chi connectivity index (χ2v) is 4.67. The van der Waals surface area contributed by atoms with E-state index in [-0.39, 0.29) is 5.97 Å². The minimum Gasteiger partial charge on any atom is -0.469 e. The van der Waals surface area contributed by atoms with Gasteiger partial charge in [-0.05, 0) is 32.0 Å². The zero-order valence-corrected chi connectivity index (χ0v) is 10.8. The minimum absolute atomic E-state index is 0.291. The van der Waals surface area contributed by atoms with Crippen LogP contribution >= 0.6 is 0 Å². The van der Waals surface area contributed by atoms with E-state index in [1.165, 1.54) is 7.11 Å². The smallest absolute Gasteiger partial charge is 0.313 e. The number of nitrogens with one attached hydrogen (secondary N) is 1. The van der Waals surface area contributed by atoms with Crippen molar-refractivity contribution >= 4 is 17.6 Å². The maximum atomic E-state index is 11.5. The lowest BCUT2D eigenvalue weighted by atomic mass is 9.93. The normalized spacial score (nSPS) is 10.8. The van der Waals surface area contributed by atoms with E-state index in [9.17, 15) is 9.59 Å². The van der Waals surface area contributed by atoms with Gasteiger partial charge in [0.2, 0.25) is 5.91 Å². The second-order valence-electron chi connectivity index (χ2n) is 4.67. The van der Waals surface area contributed by atoms with Gasteiger partial charge in [-0.25, -0.2) is 0 Å². The molecule has 0 aliphatic carbocycles. The molecule has 0 fully saturated rings. The fourth-order valence-electron chi connectivity index (χ4n) is 1.45. The average Bonchev–Trinajstić information content (AvgIpc) is 2.35. The molecule has 0 aliphatic rings. The van der Waals surface area contributed by atoms with E-state index in [2.05, 4.69) is 5.32 Å². The Labute approximate surface area is 106 Å². The van der Waals surface area contributed by atoms with Crippen LogP contribution in [0.3, 0.4) is 0 Å². The largest absolute Gasteiger partial charge is 0.469 e. The number of hydrogen-bond donors (Lipinski definition) is 2. The van der Waals surface area contributed by atoms with Crippen molar-refractivity contribution in [2.45, 2.75) is 13.8 Å². The first-order valence-corrected chi connectivity index (χ1v) is 5.59. The number of nitrogens with two attached hydrogens (primary N) is 1. The van der Waals surface area contributed by atoms with Gasteiger partial charge in [-0.2, -0.15) is 0 Å². The van der Waals surface area contributed by atoms with Gasteiger partial charge in [0.15, 0.2) is 0 Å². The van der Waals surface area contributed by atoms with Crippen molar-refractivity contribution in [3.63, 3.8) is 0 Å². The Morgan fingerprint density at radius 3 is 2.61 bits per heavy atom. The molecule has 0 aromatic heterocycles. The van der Waals surface area contributed by atoms with Crippen molar-refractivity contribution in [2.24, 2.45) is 11.1 Å². The molecule has 0 spiro atoms. The molecule has 1 aromatic rings. The maximum absolute atomic E-state index is 11.5. The molecule has 98 valence electrons. The predicted octanol–water partition coefficient (Wildman–Crippen LogP) is 1.40. The van der Waals surface area contributed by atoms with Crippen LogP contribution in [-0.4, -0.2) is 25.5 Å². The van der Waals surface area contributed by atoms with E-state index in [4.69, 9.17) is 10.5 Å². The Kier molecular flexibility index (Phi) is 4.31. The highest BCUT2D eigenvalue weighted by molar-refractivity contribution is 5.93. The van der Waals surface area contributed by atoms with Crippen LogP contribution in [0.15, 0.2) is 24.3 Å². The molecule has 0 saturated heterocycles. The van der Waals surface area contributed by atoms with Gasteiger partial charge in [-0.1, -0.05) is 6.07 Å². The van der Waals surface area contributed by atoms with E-state index >= 15 is 0 Å². The Morgan fingerprint density at radius 2 is 2.06 bits per heavy atom. The summed E-state index contributed by atoms with van der Waals surface area (Å²) in [6.45, 7) is 3.97. The van der Waals surface area contributed by atoms with Gasteiger partial charge in [0.05, 0.1) is 12.5 Å². The van der Waals surface area contributed by atoms with Gasteiger partial charge in [-0.15, -0.1) is 0 Å². The Bertz CT molecular complexity index is 455. The molecule has 0 unspecified atom stereocenters. The first-order chi connectivity index (χ1) is 8.36. The van der Waals surface area contributed by atoms with Crippen LogP contribution in [-0.2, 0) is 9.53 Å². The van der Waals surface area contributed by atoms with Gasteiger partial charge in [0.25, 0.3) is 0 Å². The van der Waals surface area contributed by atoms with Crippen molar-refractivity contribution in [2.75, 3.05) is 19.0 Å².